The number of imidazole rings is 1. The first-order valence-electron chi connectivity index (χ1n) is 20.6. The maximum absolute atomic E-state index is 14.0. The van der Waals surface area contributed by atoms with E-state index in [4.69, 9.17) is 0 Å². The minimum atomic E-state index is -0.820. The SMILES string of the molecule is O=C(N[C@@H](C(=O)N1CCC[C@H]1C(=O)NCCc1ccc(C#Cc2cnc([C@@H]3CCCN3C(=O)[C@H](NC(=O)C3CC3)c3ccccc3)[nH]2)cc1)c1ccccc1)C1CC1. The summed E-state index contributed by atoms with van der Waals surface area (Å²) < 4.78 is 0. The average molecular weight is 780 g/mol. The molecule has 12 heteroatoms. The van der Waals surface area contributed by atoms with Gasteiger partial charge in [0, 0.05) is 37.0 Å². The normalized spacial score (nSPS) is 19.7. The fraction of sp³-hybridized carbons (Fsp3) is 0.391. The molecule has 3 aromatic carbocycles. The van der Waals surface area contributed by atoms with Crippen molar-refractivity contribution in [2.24, 2.45) is 11.8 Å². The van der Waals surface area contributed by atoms with E-state index in [1.54, 1.807) is 11.1 Å². The molecule has 2 aliphatic heterocycles. The van der Waals surface area contributed by atoms with E-state index in [0.29, 0.717) is 49.6 Å². The van der Waals surface area contributed by atoms with Crippen LogP contribution in [0.2, 0.25) is 0 Å². The minimum Gasteiger partial charge on any atom is -0.354 e. The monoisotopic (exact) mass is 779 g/mol. The second kappa shape index (κ2) is 17.5. The molecule has 3 heterocycles. The summed E-state index contributed by atoms with van der Waals surface area (Å²) in [6.07, 6.45) is 8.59. The second-order valence-corrected chi connectivity index (χ2v) is 15.8. The number of H-pyrrole nitrogens is 1. The molecule has 58 heavy (non-hydrogen) atoms. The first-order valence-corrected chi connectivity index (χ1v) is 20.6. The van der Waals surface area contributed by atoms with E-state index >= 15 is 0 Å². The van der Waals surface area contributed by atoms with Crippen molar-refractivity contribution in [3.8, 4) is 11.8 Å². The Kier molecular flexibility index (Phi) is 11.7. The van der Waals surface area contributed by atoms with Gasteiger partial charge in [0.15, 0.2) is 0 Å². The van der Waals surface area contributed by atoms with Crippen molar-refractivity contribution in [2.45, 2.75) is 82.0 Å². The number of carbonyl (C=O) groups is 5. The lowest BCUT2D eigenvalue weighted by molar-refractivity contribution is -0.141. The lowest BCUT2D eigenvalue weighted by atomic mass is 10.0. The third kappa shape index (κ3) is 9.15. The summed E-state index contributed by atoms with van der Waals surface area (Å²) in [5.74, 6) is 6.23. The van der Waals surface area contributed by atoms with Gasteiger partial charge < -0.3 is 30.7 Å². The highest BCUT2D eigenvalue weighted by Gasteiger charge is 2.41. The number of aromatic amines is 1. The van der Waals surface area contributed by atoms with Gasteiger partial charge in [0.1, 0.15) is 29.6 Å². The molecular weight excluding hydrogens is 731 g/mol. The van der Waals surface area contributed by atoms with Gasteiger partial charge in [-0.2, -0.15) is 0 Å². The molecule has 8 rings (SSSR count). The van der Waals surface area contributed by atoms with Crippen LogP contribution in [0.3, 0.4) is 0 Å². The molecule has 5 amide bonds. The molecule has 0 unspecified atom stereocenters. The smallest absolute Gasteiger partial charge is 0.250 e. The third-order valence-electron chi connectivity index (χ3n) is 11.5. The Morgan fingerprint density at radius 2 is 1.24 bits per heavy atom. The van der Waals surface area contributed by atoms with E-state index < -0.39 is 18.1 Å². The number of carbonyl (C=O) groups excluding carboxylic acids is 5. The average Bonchev–Trinajstić information content (AvgIpc) is 4.13. The van der Waals surface area contributed by atoms with Crippen molar-refractivity contribution in [1.29, 1.82) is 0 Å². The van der Waals surface area contributed by atoms with Crippen LogP contribution in [-0.4, -0.2) is 75.0 Å². The fourth-order valence-corrected chi connectivity index (χ4v) is 7.94. The molecule has 4 atom stereocenters. The van der Waals surface area contributed by atoms with Crippen LogP contribution in [0.4, 0.5) is 0 Å². The van der Waals surface area contributed by atoms with Gasteiger partial charge in [0.25, 0.3) is 0 Å². The second-order valence-electron chi connectivity index (χ2n) is 15.8. The minimum absolute atomic E-state index is 0.00896. The number of hydrogen-bond acceptors (Lipinski definition) is 6. The molecule has 12 nitrogen and oxygen atoms in total. The quantitative estimate of drug-likeness (QED) is 0.145. The molecule has 1 aromatic heterocycles. The largest absolute Gasteiger partial charge is 0.354 e. The highest BCUT2D eigenvalue weighted by Crippen LogP contribution is 2.35. The predicted octanol–water partition coefficient (Wildman–Crippen LogP) is 4.66. The van der Waals surface area contributed by atoms with Gasteiger partial charge >= 0.3 is 0 Å². The number of nitrogens with one attached hydrogen (secondary N) is 4. The van der Waals surface area contributed by atoms with E-state index in [2.05, 4.69) is 37.8 Å². The Hall–Kier alpha value is -6.22. The van der Waals surface area contributed by atoms with Crippen molar-refractivity contribution in [3.63, 3.8) is 0 Å². The fourth-order valence-electron chi connectivity index (χ4n) is 7.94. The van der Waals surface area contributed by atoms with E-state index in [0.717, 1.165) is 61.6 Å². The first kappa shape index (κ1) is 38.6. The number of rotatable bonds is 13. The van der Waals surface area contributed by atoms with Gasteiger partial charge in [0.05, 0.1) is 12.2 Å². The number of benzene rings is 3. The van der Waals surface area contributed by atoms with Gasteiger partial charge in [-0.3, -0.25) is 24.0 Å². The topological polar surface area (TPSA) is 157 Å². The zero-order valence-corrected chi connectivity index (χ0v) is 32.5. The van der Waals surface area contributed by atoms with Crippen LogP contribution in [0.15, 0.2) is 91.1 Å². The summed E-state index contributed by atoms with van der Waals surface area (Å²) in [4.78, 5) is 78.0. The first-order chi connectivity index (χ1) is 28.3. The standard InChI is InChI=1S/C46H49N7O5/c54-42(34-20-21-34)50-39(32-9-3-1-4-10-32)45(57)52-27-7-13-37(52)41-48-29-36(49-41)24-19-30-15-17-31(18-16-30)25-26-47-44(56)38-14-8-28-53(38)46(58)40(33-11-5-2-6-12-33)51-43(55)35-22-23-35/h1-6,9-12,15-18,29,34-35,37-40H,7-8,13-14,20-23,25-28H2,(H,47,56)(H,48,49)(H,50,54)(H,51,55)/t37-,38-,39+,40+/m0/s1. The number of nitrogens with zero attached hydrogens (tertiary/aromatic N) is 3. The Labute approximate surface area is 338 Å². The Bertz CT molecular complexity index is 2190. The maximum Gasteiger partial charge on any atom is 0.250 e. The number of hydrogen-bond donors (Lipinski definition) is 4. The molecule has 2 saturated carbocycles. The number of likely N-dealkylation sites (tertiary alicyclic amines) is 2. The van der Waals surface area contributed by atoms with Crippen LogP contribution >= 0.6 is 0 Å². The van der Waals surface area contributed by atoms with Crippen LogP contribution in [0.5, 0.6) is 0 Å². The lowest BCUT2D eigenvalue weighted by Gasteiger charge is -2.29. The van der Waals surface area contributed by atoms with Gasteiger partial charge in [-0.25, -0.2) is 4.98 Å². The van der Waals surface area contributed by atoms with Crippen LogP contribution in [0.25, 0.3) is 0 Å². The molecule has 4 aliphatic rings. The van der Waals surface area contributed by atoms with Crippen LogP contribution in [-0.2, 0) is 30.4 Å². The van der Waals surface area contributed by atoms with Crippen LogP contribution < -0.4 is 16.0 Å². The molecule has 4 fully saturated rings. The zero-order valence-electron chi connectivity index (χ0n) is 32.5. The Morgan fingerprint density at radius 1 is 0.672 bits per heavy atom. The molecular formula is C46H49N7O5. The molecule has 2 aliphatic carbocycles. The van der Waals surface area contributed by atoms with E-state index in [1.807, 2.05) is 89.8 Å². The molecule has 0 bridgehead atoms. The van der Waals surface area contributed by atoms with Crippen molar-refractivity contribution < 1.29 is 24.0 Å². The zero-order chi connectivity index (χ0) is 40.0. The summed E-state index contributed by atoms with van der Waals surface area (Å²) >= 11 is 0. The molecule has 0 radical (unpaired) electrons. The van der Waals surface area contributed by atoms with Crippen LogP contribution in [0.1, 0.15) is 103 Å². The maximum atomic E-state index is 14.0. The lowest BCUT2D eigenvalue weighted by Crippen LogP contribution is -2.50. The van der Waals surface area contributed by atoms with Crippen molar-refractivity contribution in [1.82, 2.24) is 35.7 Å². The summed E-state index contributed by atoms with van der Waals surface area (Å²) in [5.41, 5.74) is 3.98. The van der Waals surface area contributed by atoms with E-state index in [9.17, 15) is 24.0 Å². The number of aromatic nitrogens is 2. The van der Waals surface area contributed by atoms with Gasteiger partial charge in [-0.1, -0.05) is 78.7 Å². The molecule has 0 spiro atoms. The molecule has 298 valence electrons. The van der Waals surface area contributed by atoms with E-state index in [1.165, 1.54) is 0 Å². The highest BCUT2D eigenvalue weighted by atomic mass is 16.2. The van der Waals surface area contributed by atoms with Crippen molar-refractivity contribution in [3.05, 3.63) is 125 Å². The molecule has 2 saturated heterocycles. The summed E-state index contributed by atoms with van der Waals surface area (Å²) in [5, 5.41) is 9.00. The Balaban J connectivity index is 0.841. The van der Waals surface area contributed by atoms with Gasteiger partial charge in [-0.05, 0) is 92.5 Å². The Morgan fingerprint density at radius 3 is 1.84 bits per heavy atom. The van der Waals surface area contributed by atoms with E-state index in [-0.39, 0.29) is 47.4 Å². The predicted molar refractivity (Wildman–Crippen MR) is 216 cm³/mol. The van der Waals surface area contributed by atoms with Gasteiger partial charge in [0.2, 0.25) is 29.5 Å². The summed E-state index contributed by atoms with van der Waals surface area (Å²) in [6.45, 7) is 1.47. The molecule has 4 aromatic rings. The number of amides is 5. The van der Waals surface area contributed by atoms with Gasteiger partial charge in [-0.15, -0.1) is 0 Å². The van der Waals surface area contributed by atoms with Crippen molar-refractivity contribution >= 4 is 29.5 Å². The molecule has 4 N–H and O–H groups in total. The summed E-state index contributed by atoms with van der Waals surface area (Å²) in [6, 6.07) is 24.1. The van der Waals surface area contributed by atoms with Crippen LogP contribution in [0, 0.1) is 23.7 Å². The third-order valence-corrected chi connectivity index (χ3v) is 11.5. The summed E-state index contributed by atoms with van der Waals surface area (Å²) in [7, 11) is 0. The highest BCUT2D eigenvalue weighted by molar-refractivity contribution is 5.94. The van der Waals surface area contributed by atoms with Crippen molar-refractivity contribution in [2.75, 3.05) is 19.6 Å².